The van der Waals surface area contributed by atoms with E-state index in [1.54, 1.807) is 22.1 Å². The molecule has 3 aromatic carbocycles. The Hall–Kier alpha value is -2.56. The Bertz CT molecular complexity index is 1480. The topological polar surface area (TPSA) is 59.7 Å². The number of hydrogen-bond acceptors (Lipinski definition) is 4. The number of nitrogens with zero attached hydrogens (tertiary/aromatic N) is 4. The van der Waals surface area contributed by atoms with Gasteiger partial charge in [-0.15, -0.1) is 0 Å². The fraction of sp³-hybridized carbons (Fsp3) is 0.269. The van der Waals surface area contributed by atoms with Crippen molar-refractivity contribution in [1.29, 1.82) is 0 Å². The maximum absolute atomic E-state index is 14.7. The molecule has 2 heterocycles. The van der Waals surface area contributed by atoms with Gasteiger partial charge in [0.25, 0.3) is 0 Å². The standard InChI is InChI=1S/C26H23ClFIN4O2/c1-32(2)14-30-24-18-11-15(27)6-7-16(18)22(29)12-19(24)26(34)17-8-9-21(28)25-20(17)13-33(31-25)23-5-3-4-10-35-23/h6-9,11-14,23H,3-5,10H2,1-2H3. The van der Waals surface area contributed by atoms with Gasteiger partial charge < -0.3 is 9.64 Å². The Morgan fingerprint density at radius 3 is 2.77 bits per heavy atom. The number of halogens is 3. The summed E-state index contributed by atoms with van der Waals surface area (Å²) in [5, 5.41) is 7.17. The summed E-state index contributed by atoms with van der Waals surface area (Å²) < 4.78 is 23.1. The van der Waals surface area contributed by atoms with E-state index in [4.69, 9.17) is 16.3 Å². The summed E-state index contributed by atoms with van der Waals surface area (Å²) in [6.45, 7) is 0.639. The van der Waals surface area contributed by atoms with Gasteiger partial charge in [-0.05, 0) is 77.6 Å². The average Bonchev–Trinajstić information content (AvgIpc) is 3.30. The Morgan fingerprint density at radius 2 is 2.03 bits per heavy atom. The molecule has 4 aromatic rings. The van der Waals surface area contributed by atoms with Crippen molar-refractivity contribution in [3.63, 3.8) is 0 Å². The highest BCUT2D eigenvalue weighted by molar-refractivity contribution is 14.1. The molecule has 0 spiro atoms. The third-order valence-electron chi connectivity index (χ3n) is 6.02. The summed E-state index contributed by atoms with van der Waals surface area (Å²) in [5.41, 5.74) is 1.45. The van der Waals surface area contributed by atoms with Gasteiger partial charge in [0.1, 0.15) is 11.7 Å². The molecule has 0 saturated carbocycles. The van der Waals surface area contributed by atoms with Crippen molar-refractivity contribution in [1.82, 2.24) is 14.7 Å². The normalized spacial score (nSPS) is 16.4. The summed E-state index contributed by atoms with van der Waals surface area (Å²) in [6.07, 6.45) is 5.91. The van der Waals surface area contributed by atoms with E-state index in [-0.39, 0.29) is 17.5 Å². The Balaban J connectivity index is 1.70. The number of benzene rings is 3. The fourth-order valence-electron chi connectivity index (χ4n) is 4.34. The van der Waals surface area contributed by atoms with Crippen LogP contribution in [0.1, 0.15) is 41.4 Å². The molecule has 1 fully saturated rings. The average molecular weight is 605 g/mol. The van der Waals surface area contributed by atoms with Crippen LogP contribution in [0.3, 0.4) is 0 Å². The van der Waals surface area contributed by atoms with Crippen LogP contribution in [0.2, 0.25) is 5.02 Å². The second-order valence-electron chi connectivity index (χ2n) is 8.77. The summed E-state index contributed by atoms with van der Waals surface area (Å²) in [4.78, 5) is 20.4. The monoisotopic (exact) mass is 604 g/mol. The van der Waals surface area contributed by atoms with Crippen LogP contribution in [0.25, 0.3) is 21.7 Å². The first-order chi connectivity index (χ1) is 16.8. The summed E-state index contributed by atoms with van der Waals surface area (Å²) >= 11 is 8.53. The number of hydrogen-bond donors (Lipinski definition) is 0. The van der Waals surface area contributed by atoms with Crippen LogP contribution in [0.4, 0.5) is 10.1 Å². The lowest BCUT2D eigenvalue weighted by atomic mass is 9.95. The molecule has 0 aliphatic carbocycles. The smallest absolute Gasteiger partial charge is 0.196 e. The van der Waals surface area contributed by atoms with Gasteiger partial charge in [0, 0.05) is 57.4 Å². The van der Waals surface area contributed by atoms with E-state index in [1.165, 1.54) is 12.1 Å². The molecule has 180 valence electrons. The van der Waals surface area contributed by atoms with E-state index in [0.717, 1.165) is 33.6 Å². The predicted molar refractivity (Wildman–Crippen MR) is 145 cm³/mol. The minimum absolute atomic E-state index is 0.155. The van der Waals surface area contributed by atoms with Crippen LogP contribution in [-0.2, 0) is 4.74 Å². The molecule has 1 saturated heterocycles. The van der Waals surface area contributed by atoms with Crippen molar-refractivity contribution in [2.75, 3.05) is 20.7 Å². The highest BCUT2D eigenvalue weighted by Gasteiger charge is 2.24. The van der Waals surface area contributed by atoms with E-state index in [2.05, 4.69) is 32.7 Å². The molecule has 1 aliphatic heterocycles. The quantitative estimate of drug-likeness (QED) is 0.110. The molecule has 0 N–H and O–H groups in total. The second-order valence-corrected chi connectivity index (χ2v) is 10.4. The van der Waals surface area contributed by atoms with Crippen molar-refractivity contribution in [3.05, 3.63) is 68.1 Å². The first-order valence-corrected chi connectivity index (χ1v) is 12.7. The number of ether oxygens (including phenoxy) is 1. The zero-order valence-corrected chi connectivity index (χ0v) is 22.2. The minimum Gasteiger partial charge on any atom is -0.369 e. The van der Waals surface area contributed by atoms with Gasteiger partial charge in [-0.1, -0.05) is 17.7 Å². The van der Waals surface area contributed by atoms with Gasteiger partial charge >= 0.3 is 0 Å². The van der Waals surface area contributed by atoms with E-state index in [9.17, 15) is 9.18 Å². The van der Waals surface area contributed by atoms with Crippen LogP contribution < -0.4 is 0 Å². The lowest BCUT2D eigenvalue weighted by Gasteiger charge is -2.22. The third-order valence-corrected chi connectivity index (χ3v) is 7.15. The molecule has 1 aromatic heterocycles. The highest BCUT2D eigenvalue weighted by Crippen LogP contribution is 2.37. The molecule has 1 aliphatic rings. The highest BCUT2D eigenvalue weighted by atomic mass is 127. The van der Waals surface area contributed by atoms with Crippen molar-refractivity contribution in [2.45, 2.75) is 25.5 Å². The van der Waals surface area contributed by atoms with E-state index >= 15 is 0 Å². The molecule has 5 rings (SSSR count). The van der Waals surface area contributed by atoms with E-state index in [0.29, 0.717) is 33.8 Å². The predicted octanol–water partition coefficient (Wildman–Crippen LogP) is 6.74. The molecular formula is C26H23ClFIN4O2. The number of carbonyl (C=O) groups excluding carboxylic acids is 1. The Labute approximate surface area is 220 Å². The van der Waals surface area contributed by atoms with Gasteiger partial charge in [-0.25, -0.2) is 14.1 Å². The summed E-state index contributed by atoms with van der Waals surface area (Å²) in [5.74, 6) is -0.735. The number of aromatic nitrogens is 2. The number of rotatable bonds is 5. The zero-order chi connectivity index (χ0) is 24.7. The van der Waals surface area contributed by atoms with Crippen LogP contribution in [-0.4, -0.2) is 47.5 Å². The van der Waals surface area contributed by atoms with Crippen LogP contribution in [0.5, 0.6) is 0 Å². The second kappa shape index (κ2) is 9.83. The first-order valence-electron chi connectivity index (χ1n) is 11.3. The molecule has 9 heteroatoms. The molecule has 0 radical (unpaired) electrons. The number of aliphatic imine (C=N–C) groups is 1. The molecule has 1 unspecified atom stereocenters. The molecular weight excluding hydrogens is 582 g/mol. The molecule has 6 nitrogen and oxygen atoms in total. The van der Waals surface area contributed by atoms with Crippen molar-refractivity contribution in [3.8, 4) is 0 Å². The van der Waals surface area contributed by atoms with Gasteiger partial charge in [-0.3, -0.25) is 4.79 Å². The third kappa shape index (κ3) is 4.66. The van der Waals surface area contributed by atoms with E-state index in [1.807, 2.05) is 38.4 Å². The van der Waals surface area contributed by atoms with Crippen LogP contribution >= 0.6 is 34.2 Å². The largest absolute Gasteiger partial charge is 0.369 e. The summed E-state index contributed by atoms with van der Waals surface area (Å²) in [7, 11) is 3.72. The number of carbonyl (C=O) groups is 1. The Kier molecular flexibility index (Phi) is 6.78. The van der Waals surface area contributed by atoms with Crippen LogP contribution in [0, 0.1) is 9.39 Å². The lowest BCUT2D eigenvalue weighted by Crippen LogP contribution is -2.18. The van der Waals surface area contributed by atoms with Crippen molar-refractivity contribution in [2.24, 2.45) is 4.99 Å². The van der Waals surface area contributed by atoms with E-state index < -0.39 is 5.82 Å². The fourth-order valence-corrected chi connectivity index (χ4v) is 5.29. The Morgan fingerprint density at radius 1 is 1.20 bits per heavy atom. The van der Waals surface area contributed by atoms with Crippen molar-refractivity contribution >= 4 is 73.7 Å². The zero-order valence-electron chi connectivity index (χ0n) is 19.3. The summed E-state index contributed by atoms with van der Waals surface area (Å²) in [6, 6.07) is 10.2. The van der Waals surface area contributed by atoms with Gasteiger partial charge in [-0.2, -0.15) is 5.10 Å². The van der Waals surface area contributed by atoms with Gasteiger partial charge in [0.2, 0.25) is 0 Å². The molecule has 35 heavy (non-hydrogen) atoms. The lowest BCUT2D eigenvalue weighted by molar-refractivity contribution is -0.0391. The number of ketones is 1. The maximum Gasteiger partial charge on any atom is 0.196 e. The molecule has 0 amide bonds. The molecule has 1 atom stereocenters. The number of fused-ring (bicyclic) bond motifs is 2. The van der Waals surface area contributed by atoms with Gasteiger partial charge in [0.15, 0.2) is 11.6 Å². The first kappa shape index (κ1) is 24.1. The maximum atomic E-state index is 14.7. The van der Waals surface area contributed by atoms with Gasteiger partial charge in [0.05, 0.1) is 12.0 Å². The van der Waals surface area contributed by atoms with Crippen molar-refractivity contribution < 1.29 is 13.9 Å². The SMILES string of the molecule is CN(C)C=Nc1c(C(=O)c2ccc(F)c3nn(C4CCCCO4)cc23)cc(I)c2ccc(Cl)cc12. The molecule has 0 bridgehead atoms. The van der Waals surface area contributed by atoms with Crippen LogP contribution in [0.15, 0.2) is 47.6 Å². The minimum atomic E-state index is -0.475.